The van der Waals surface area contributed by atoms with Gasteiger partial charge in [-0.05, 0) is 18.9 Å². The van der Waals surface area contributed by atoms with Crippen LogP contribution in [0.4, 0.5) is 11.6 Å². The van der Waals surface area contributed by atoms with Gasteiger partial charge in [-0.3, -0.25) is 9.78 Å². The monoisotopic (exact) mass is 353 g/mol. The van der Waals surface area contributed by atoms with E-state index >= 15 is 0 Å². The molecule has 26 heavy (non-hydrogen) atoms. The molecule has 3 aromatic heterocycles. The normalized spacial score (nSPS) is 10.8. The zero-order chi connectivity index (χ0) is 18.2. The highest BCUT2D eigenvalue weighted by Crippen LogP contribution is 2.22. The molecule has 0 atom stereocenters. The van der Waals surface area contributed by atoms with Crippen molar-refractivity contribution >= 4 is 23.2 Å². The predicted molar refractivity (Wildman–Crippen MR) is 99.2 cm³/mol. The topological polar surface area (TPSA) is 88.3 Å². The summed E-state index contributed by atoms with van der Waals surface area (Å²) < 4.78 is 1.73. The zero-order valence-electron chi connectivity index (χ0n) is 14.9. The van der Waals surface area contributed by atoms with E-state index in [0.717, 1.165) is 49.5 Å². The fraction of sp³-hybridized carbons (Fsp3) is 0.389. The lowest BCUT2D eigenvalue weighted by atomic mass is 10.1. The number of amides is 1. The number of rotatable bonds is 9. The smallest absolute Gasteiger partial charge is 0.219 e. The van der Waals surface area contributed by atoms with Gasteiger partial charge in [-0.2, -0.15) is 5.10 Å². The Hall–Kier alpha value is -3.03. The lowest BCUT2D eigenvalue weighted by Crippen LogP contribution is -2.21. The number of nitrogens with one attached hydrogen (secondary N) is 1. The number of hydrogen-bond acceptors (Lipinski definition) is 6. The third-order valence-corrected chi connectivity index (χ3v) is 4.16. The van der Waals surface area contributed by atoms with Crippen molar-refractivity contribution in [3.8, 4) is 0 Å². The zero-order valence-corrected chi connectivity index (χ0v) is 14.9. The number of unbranched alkanes of at least 4 members (excludes halogenated alkanes) is 3. The molecule has 1 amide bonds. The van der Waals surface area contributed by atoms with Gasteiger partial charge in [0.05, 0.1) is 12.4 Å². The van der Waals surface area contributed by atoms with E-state index in [-0.39, 0.29) is 5.91 Å². The minimum atomic E-state index is 0.101. The molecule has 0 aliphatic rings. The number of aromatic nitrogens is 5. The summed E-state index contributed by atoms with van der Waals surface area (Å²) in [4.78, 5) is 26.6. The Kier molecular flexibility index (Phi) is 6.08. The highest BCUT2D eigenvalue weighted by Gasteiger charge is 2.13. The molecule has 0 saturated heterocycles. The van der Waals surface area contributed by atoms with Crippen LogP contribution >= 0.6 is 0 Å². The first-order valence-corrected chi connectivity index (χ1v) is 8.82. The van der Waals surface area contributed by atoms with Gasteiger partial charge in [-0.15, -0.1) is 0 Å². The fourth-order valence-electron chi connectivity index (χ4n) is 2.76. The van der Waals surface area contributed by atoms with Gasteiger partial charge in [-0.25, -0.2) is 14.5 Å². The van der Waals surface area contributed by atoms with Gasteiger partial charge < -0.3 is 10.2 Å². The van der Waals surface area contributed by atoms with Crippen molar-refractivity contribution in [3.63, 3.8) is 0 Å². The fourth-order valence-corrected chi connectivity index (χ4v) is 2.76. The number of hydrogen-bond donors (Lipinski definition) is 1. The molecule has 3 rings (SSSR count). The van der Waals surface area contributed by atoms with Crippen LogP contribution in [-0.4, -0.2) is 44.1 Å². The standard InChI is InChI=1S/C18H23N7O/c1-19-18(26)6-4-2-3-5-12-24(17-14-20-10-11-21-17)15-8-13-25-16(23-15)7-9-22-25/h7-11,13-14H,2-6,12H2,1H3,(H,19,26). The summed E-state index contributed by atoms with van der Waals surface area (Å²) in [5.41, 5.74) is 0.793. The Bertz CT molecular complexity index is 834. The molecule has 0 unspecified atom stereocenters. The molecule has 1 N–H and O–H groups in total. The molecule has 0 radical (unpaired) electrons. The van der Waals surface area contributed by atoms with Gasteiger partial charge >= 0.3 is 0 Å². The molecule has 0 aliphatic carbocycles. The minimum absolute atomic E-state index is 0.101. The first kappa shape index (κ1) is 17.8. The molecule has 8 nitrogen and oxygen atoms in total. The molecule has 3 heterocycles. The molecular formula is C18H23N7O. The van der Waals surface area contributed by atoms with Crippen molar-refractivity contribution in [3.05, 3.63) is 43.1 Å². The van der Waals surface area contributed by atoms with Crippen LogP contribution in [0.15, 0.2) is 43.1 Å². The maximum absolute atomic E-state index is 11.3. The lowest BCUT2D eigenvalue weighted by molar-refractivity contribution is -0.120. The molecule has 0 aliphatic heterocycles. The van der Waals surface area contributed by atoms with Crippen molar-refractivity contribution in [2.45, 2.75) is 32.1 Å². The molecule has 3 aromatic rings. The predicted octanol–water partition coefficient (Wildman–Crippen LogP) is 2.35. The number of carbonyl (C=O) groups excluding carboxylic acids is 1. The summed E-state index contributed by atoms with van der Waals surface area (Å²) in [5, 5.41) is 6.84. The Labute approximate surface area is 152 Å². The van der Waals surface area contributed by atoms with Crippen LogP contribution < -0.4 is 10.2 Å². The molecule has 136 valence electrons. The van der Waals surface area contributed by atoms with Crippen molar-refractivity contribution < 1.29 is 4.79 Å². The highest BCUT2D eigenvalue weighted by molar-refractivity contribution is 5.75. The van der Waals surface area contributed by atoms with Crippen LogP contribution in [-0.2, 0) is 4.79 Å². The average molecular weight is 353 g/mol. The maximum atomic E-state index is 11.3. The van der Waals surface area contributed by atoms with Gasteiger partial charge in [0.15, 0.2) is 11.5 Å². The Morgan fingerprint density at radius 1 is 1.12 bits per heavy atom. The molecular weight excluding hydrogens is 330 g/mol. The lowest BCUT2D eigenvalue weighted by Gasteiger charge is -2.22. The number of carbonyl (C=O) groups is 1. The SMILES string of the molecule is CNC(=O)CCCCCCN(c1cnccn1)c1ccn2nccc2n1. The van der Waals surface area contributed by atoms with E-state index in [1.165, 1.54) is 0 Å². The van der Waals surface area contributed by atoms with E-state index in [4.69, 9.17) is 0 Å². The van der Waals surface area contributed by atoms with Gasteiger partial charge in [-0.1, -0.05) is 12.8 Å². The largest absolute Gasteiger partial charge is 0.359 e. The van der Waals surface area contributed by atoms with Crippen molar-refractivity contribution in [1.82, 2.24) is 29.9 Å². The van der Waals surface area contributed by atoms with E-state index in [9.17, 15) is 4.79 Å². The van der Waals surface area contributed by atoms with Crippen molar-refractivity contribution in [1.29, 1.82) is 0 Å². The summed E-state index contributed by atoms with van der Waals surface area (Å²) in [6.45, 7) is 0.788. The van der Waals surface area contributed by atoms with E-state index < -0.39 is 0 Å². The number of fused-ring (bicyclic) bond motifs is 1. The molecule has 0 saturated carbocycles. The second kappa shape index (κ2) is 8.89. The minimum Gasteiger partial charge on any atom is -0.359 e. The second-order valence-corrected chi connectivity index (χ2v) is 5.97. The first-order valence-electron chi connectivity index (χ1n) is 8.82. The molecule has 0 spiro atoms. The molecule has 0 aromatic carbocycles. The van der Waals surface area contributed by atoms with Gasteiger partial charge in [0.25, 0.3) is 0 Å². The molecule has 0 bridgehead atoms. The Morgan fingerprint density at radius 3 is 2.81 bits per heavy atom. The van der Waals surface area contributed by atoms with Gasteiger partial charge in [0.1, 0.15) is 5.82 Å². The Morgan fingerprint density at radius 2 is 2.00 bits per heavy atom. The second-order valence-electron chi connectivity index (χ2n) is 5.97. The van der Waals surface area contributed by atoms with E-state index in [1.54, 1.807) is 36.4 Å². The van der Waals surface area contributed by atoms with E-state index in [0.29, 0.717) is 6.42 Å². The third-order valence-electron chi connectivity index (χ3n) is 4.16. The summed E-state index contributed by atoms with van der Waals surface area (Å²) in [7, 11) is 1.67. The van der Waals surface area contributed by atoms with Crippen LogP contribution in [0.3, 0.4) is 0 Å². The average Bonchev–Trinajstić information content (AvgIpc) is 3.15. The number of anilines is 2. The van der Waals surface area contributed by atoms with Crippen LogP contribution in [0.25, 0.3) is 5.65 Å². The molecule has 0 fully saturated rings. The van der Waals surface area contributed by atoms with Gasteiger partial charge in [0, 0.05) is 44.7 Å². The first-order chi connectivity index (χ1) is 12.8. The summed E-state index contributed by atoms with van der Waals surface area (Å²) in [6, 6.07) is 3.80. The Balaban J connectivity index is 1.64. The van der Waals surface area contributed by atoms with Crippen molar-refractivity contribution in [2.24, 2.45) is 0 Å². The van der Waals surface area contributed by atoms with Crippen molar-refractivity contribution in [2.75, 3.05) is 18.5 Å². The van der Waals surface area contributed by atoms with Gasteiger partial charge in [0.2, 0.25) is 5.91 Å². The third kappa shape index (κ3) is 4.53. The summed E-state index contributed by atoms with van der Waals surface area (Å²) >= 11 is 0. The summed E-state index contributed by atoms with van der Waals surface area (Å²) in [5.74, 6) is 1.70. The maximum Gasteiger partial charge on any atom is 0.219 e. The van der Waals surface area contributed by atoms with Crippen LogP contribution in [0.1, 0.15) is 32.1 Å². The van der Waals surface area contributed by atoms with Crippen LogP contribution in [0.5, 0.6) is 0 Å². The van der Waals surface area contributed by atoms with E-state index in [2.05, 4.69) is 30.3 Å². The molecule has 8 heteroatoms. The van der Waals surface area contributed by atoms with E-state index in [1.807, 2.05) is 18.3 Å². The summed E-state index contributed by atoms with van der Waals surface area (Å²) in [6.07, 6.45) is 13.3. The quantitative estimate of drug-likeness (QED) is 0.594. The van der Waals surface area contributed by atoms with Crippen LogP contribution in [0.2, 0.25) is 0 Å². The van der Waals surface area contributed by atoms with Crippen LogP contribution in [0, 0.1) is 0 Å². The highest BCUT2D eigenvalue weighted by atomic mass is 16.1. The number of nitrogens with zero attached hydrogens (tertiary/aromatic N) is 6.